The predicted octanol–water partition coefficient (Wildman–Crippen LogP) is 4.44. The van der Waals surface area contributed by atoms with Gasteiger partial charge in [0.05, 0.1) is 12.7 Å². The molecule has 0 amide bonds. The highest BCUT2D eigenvalue weighted by Crippen LogP contribution is 2.24. The second-order valence-electron chi connectivity index (χ2n) is 7.56. The summed E-state index contributed by atoms with van der Waals surface area (Å²) in [5, 5.41) is 0. The quantitative estimate of drug-likeness (QED) is 0.763. The van der Waals surface area contributed by atoms with Gasteiger partial charge in [0.15, 0.2) is 5.78 Å². The van der Waals surface area contributed by atoms with E-state index >= 15 is 0 Å². The van der Waals surface area contributed by atoms with E-state index in [2.05, 4.69) is 34.1 Å². The molecule has 0 N–H and O–H groups in total. The predicted molar refractivity (Wildman–Crippen MR) is 106 cm³/mol. The minimum Gasteiger partial charge on any atom is -0.293 e. The first-order valence-corrected chi connectivity index (χ1v) is 9.98. The highest BCUT2D eigenvalue weighted by atomic mass is 16.1. The van der Waals surface area contributed by atoms with Crippen LogP contribution in [-0.2, 0) is 0 Å². The van der Waals surface area contributed by atoms with Gasteiger partial charge in [0.1, 0.15) is 0 Å². The molecule has 3 nitrogen and oxygen atoms in total. The monoisotopic (exact) mass is 348 g/mol. The first kappa shape index (κ1) is 17.4. The van der Waals surface area contributed by atoms with Crippen LogP contribution in [0.2, 0.25) is 0 Å². The summed E-state index contributed by atoms with van der Waals surface area (Å²) in [5.41, 5.74) is 3.18. The number of hydrogen-bond acceptors (Lipinski definition) is 3. The van der Waals surface area contributed by atoms with Crippen LogP contribution in [-0.4, -0.2) is 47.9 Å². The lowest BCUT2D eigenvalue weighted by molar-refractivity contribution is 0.00766. The number of hydrogen-bond donors (Lipinski definition) is 0. The fraction of sp³-hybridized carbons (Fsp3) is 0.435. The maximum Gasteiger partial charge on any atom is 0.176 e. The zero-order valence-electron chi connectivity index (χ0n) is 15.4. The summed E-state index contributed by atoms with van der Waals surface area (Å²) in [6, 6.07) is 18.4. The molecule has 2 aliphatic rings. The molecule has 0 radical (unpaired) electrons. The van der Waals surface area contributed by atoms with Crippen LogP contribution in [0.4, 0.5) is 0 Å². The molecular formula is C23H28N2O. The average molecular weight is 348 g/mol. The van der Waals surface area contributed by atoms with Gasteiger partial charge in [-0.2, -0.15) is 0 Å². The molecule has 2 saturated heterocycles. The number of nitrogens with zero attached hydrogens (tertiary/aromatic N) is 2. The summed E-state index contributed by atoms with van der Waals surface area (Å²) in [7, 11) is 0. The highest BCUT2D eigenvalue weighted by molar-refractivity contribution is 5.98. The van der Waals surface area contributed by atoms with Crippen molar-refractivity contribution in [2.75, 3.05) is 26.2 Å². The van der Waals surface area contributed by atoms with E-state index in [1.807, 2.05) is 30.3 Å². The van der Waals surface area contributed by atoms with Crippen molar-refractivity contribution in [2.45, 2.75) is 38.3 Å². The standard InChI is InChI=1S/C23H28N2O/c26-22(18-25-17-7-16-24-15-6-2-5-10-23(24)25)21-13-11-20(12-14-21)19-8-3-1-4-9-19/h1,3-4,8-9,11-14,23H,2,5-7,10,15-18H2. The third kappa shape index (κ3) is 3.89. The van der Waals surface area contributed by atoms with Crippen LogP contribution < -0.4 is 0 Å². The third-order valence-electron chi connectivity index (χ3n) is 5.80. The second kappa shape index (κ2) is 8.15. The molecule has 0 spiro atoms. The van der Waals surface area contributed by atoms with Crippen molar-refractivity contribution in [3.05, 3.63) is 60.2 Å². The van der Waals surface area contributed by atoms with Gasteiger partial charge in [-0.15, -0.1) is 0 Å². The number of benzene rings is 2. The van der Waals surface area contributed by atoms with Crippen molar-refractivity contribution >= 4 is 5.78 Å². The Labute approximate surface area is 156 Å². The Morgan fingerprint density at radius 3 is 2.35 bits per heavy atom. The maximum atomic E-state index is 12.9. The van der Waals surface area contributed by atoms with Crippen LogP contribution in [0.3, 0.4) is 0 Å². The molecule has 0 aliphatic carbocycles. The fourth-order valence-corrected chi connectivity index (χ4v) is 4.39. The van der Waals surface area contributed by atoms with Crippen LogP contribution in [0.15, 0.2) is 54.6 Å². The van der Waals surface area contributed by atoms with E-state index in [9.17, 15) is 4.79 Å². The Morgan fingerprint density at radius 2 is 1.54 bits per heavy atom. The Bertz CT molecular complexity index is 726. The van der Waals surface area contributed by atoms with E-state index in [1.165, 1.54) is 50.8 Å². The average Bonchev–Trinajstić information content (AvgIpc) is 2.95. The molecule has 136 valence electrons. The molecule has 3 heteroatoms. The maximum absolute atomic E-state index is 12.9. The number of rotatable bonds is 4. The van der Waals surface area contributed by atoms with Gasteiger partial charge in [0, 0.05) is 18.7 Å². The third-order valence-corrected chi connectivity index (χ3v) is 5.80. The smallest absolute Gasteiger partial charge is 0.176 e. The number of Topliss-reactive ketones (excluding diaryl/α,β-unsaturated/α-hetero) is 1. The number of carbonyl (C=O) groups excluding carboxylic acids is 1. The minimum atomic E-state index is 0.246. The molecule has 0 aromatic heterocycles. The fourth-order valence-electron chi connectivity index (χ4n) is 4.39. The summed E-state index contributed by atoms with van der Waals surface area (Å²) in [6.45, 7) is 3.99. The van der Waals surface area contributed by atoms with Gasteiger partial charge in [0.25, 0.3) is 0 Å². The Morgan fingerprint density at radius 1 is 0.808 bits per heavy atom. The van der Waals surface area contributed by atoms with Crippen LogP contribution in [0, 0.1) is 0 Å². The first-order chi connectivity index (χ1) is 12.8. The van der Waals surface area contributed by atoms with E-state index in [0.717, 1.165) is 17.7 Å². The van der Waals surface area contributed by atoms with Crippen molar-refractivity contribution in [1.82, 2.24) is 9.80 Å². The Kier molecular flexibility index (Phi) is 5.47. The van der Waals surface area contributed by atoms with Crippen LogP contribution in [0.5, 0.6) is 0 Å². The highest BCUT2D eigenvalue weighted by Gasteiger charge is 2.31. The zero-order valence-corrected chi connectivity index (χ0v) is 15.4. The van der Waals surface area contributed by atoms with Crippen LogP contribution in [0.25, 0.3) is 11.1 Å². The molecule has 4 rings (SSSR count). The van der Waals surface area contributed by atoms with Gasteiger partial charge < -0.3 is 0 Å². The molecule has 2 heterocycles. The van der Waals surface area contributed by atoms with Crippen LogP contribution >= 0.6 is 0 Å². The summed E-state index contributed by atoms with van der Waals surface area (Å²) in [5.74, 6) is 0.246. The van der Waals surface area contributed by atoms with Gasteiger partial charge >= 0.3 is 0 Å². The molecule has 0 bridgehead atoms. The summed E-state index contributed by atoms with van der Waals surface area (Å²) in [6.07, 6.45) is 6.78. The molecule has 2 aromatic rings. The molecule has 1 atom stereocenters. The zero-order chi connectivity index (χ0) is 17.8. The number of ketones is 1. The SMILES string of the molecule is O=C(CN1CCCN2CCCCCC21)c1ccc(-c2ccccc2)cc1. The molecule has 2 aromatic carbocycles. The summed E-state index contributed by atoms with van der Waals surface area (Å²) < 4.78 is 0. The van der Waals surface area contributed by atoms with Crippen molar-refractivity contribution in [3.8, 4) is 11.1 Å². The van der Waals surface area contributed by atoms with Gasteiger partial charge in [-0.1, -0.05) is 67.4 Å². The van der Waals surface area contributed by atoms with Crippen molar-refractivity contribution in [3.63, 3.8) is 0 Å². The normalized spacial score (nSPS) is 21.8. The van der Waals surface area contributed by atoms with Gasteiger partial charge in [-0.05, 0) is 36.9 Å². The van der Waals surface area contributed by atoms with E-state index in [0.29, 0.717) is 12.7 Å². The first-order valence-electron chi connectivity index (χ1n) is 9.98. The second-order valence-corrected chi connectivity index (χ2v) is 7.56. The van der Waals surface area contributed by atoms with E-state index < -0.39 is 0 Å². The molecule has 2 aliphatic heterocycles. The Balaban J connectivity index is 1.44. The molecule has 2 fully saturated rings. The Hall–Kier alpha value is -1.97. The summed E-state index contributed by atoms with van der Waals surface area (Å²) >= 11 is 0. The molecule has 0 saturated carbocycles. The van der Waals surface area contributed by atoms with E-state index in [4.69, 9.17) is 0 Å². The lowest BCUT2D eigenvalue weighted by atomic mass is 10.0. The van der Waals surface area contributed by atoms with Crippen molar-refractivity contribution in [1.29, 1.82) is 0 Å². The van der Waals surface area contributed by atoms with Crippen LogP contribution in [0.1, 0.15) is 42.5 Å². The summed E-state index contributed by atoms with van der Waals surface area (Å²) in [4.78, 5) is 17.9. The number of fused-ring (bicyclic) bond motifs is 1. The molecule has 1 unspecified atom stereocenters. The minimum absolute atomic E-state index is 0.246. The number of carbonyl (C=O) groups is 1. The molecule has 26 heavy (non-hydrogen) atoms. The lowest BCUT2D eigenvalue weighted by Gasteiger charge is -2.43. The van der Waals surface area contributed by atoms with Gasteiger partial charge in [0.2, 0.25) is 0 Å². The topological polar surface area (TPSA) is 23.6 Å². The largest absolute Gasteiger partial charge is 0.293 e. The van der Waals surface area contributed by atoms with Crippen molar-refractivity contribution < 1.29 is 4.79 Å². The van der Waals surface area contributed by atoms with E-state index in [1.54, 1.807) is 0 Å². The van der Waals surface area contributed by atoms with E-state index in [-0.39, 0.29) is 5.78 Å². The molecular weight excluding hydrogens is 320 g/mol. The lowest BCUT2D eigenvalue weighted by Crippen LogP contribution is -2.54. The van der Waals surface area contributed by atoms with Crippen molar-refractivity contribution in [2.24, 2.45) is 0 Å². The van der Waals surface area contributed by atoms with Gasteiger partial charge in [-0.3, -0.25) is 14.6 Å². The van der Waals surface area contributed by atoms with Gasteiger partial charge in [-0.25, -0.2) is 0 Å².